The molecule has 1 fully saturated rings. The first-order valence-electron chi connectivity index (χ1n) is 11.3. The van der Waals surface area contributed by atoms with E-state index in [0.717, 1.165) is 51.3 Å². The van der Waals surface area contributed by atoms with Crippen LogP contribution in [0.3, 0.4) is 0 Å². The number of likely N-dealkylation sites (N-methyl/N-ethyl adjacent to an activating group) is 1. The van der Waals surface area contributed by atoms with Gasteiger partial charge in [0.25, 0.3) is 0 Å². The smallest absolute Gasteiger partial charge is 0.223 e. The first kappa shape index (κ1) is 22.8. The predicted molar refractivity (Wildman–Crippen MR) is 124 cm³/mol. The number of hydrogen-bond donors (Lipinski definition) is 1. The van der Waals surface area contributed by atoms with Crippen molar-refractivity contribution in [3.8, 4) is 6.07 Å². The summed E-state index contributed by atoms with van der Waals surface area (Å²) in [4.78, 5) is 21.9. The van der Waals surface area contributed by atoms with Gasteiger partial charge in [-0.15, -0.1) is 0 Å². The van der Waals surface area contributed by atoms with Gasteiger partial charge in [-0.25, -0.2) is 4.98 Å². The van der Waals surface area contributed by atoms with Crippen molar-refractivity contribution in [1.82, 2.24) is 15.2 Å². The molecule has 1 aromatic carbocycles. The molecule has 0 aliphatic carbocycles. The Morgan fingerprint density at radius 1 is 1.19 bits per heavy atom. The topological polar surface area (TPSA) is 72.3 Å². The molecule has 0 radical (unpaired) electrons. The Hall–Kier alpha value is -2.91. The number of hydrogen-bond acceptors (Lipinski definition) is 5. The van der Waals surface area contributed by atoms with Crippen LogP contribution in [0.15, 0.2) is 48.7 Å². The van der Waals surface area contributed by atoms with Gasteiger partial charge in [0.05, 0.1) is 5.56 Å². The van der Waals surface area contributed by atoms with E-state index in [1.54, 1.807) is 12.3 Å². The number of anilines is 1. The molecule has 164 valence electrons. The average molecular weight is 420 g/mol. The zero-order valence-electron chi connectivity index (χ0n) is 18.6. The number of amides is 1. The van der Waals surface area contributed by atoms with Crippen molar-refractivity contribution in [3.63, 3.8) is 0 Å². The highest BCUT2D eigenvalue weighted by atomic mass is 16.1. The Labute approximate surface area is 185 Å². The molecule has 1 aliphatic heterocycles. The van der Waals surface area contributed by atoms with E-state index >= 15 is 0 Å². The van der Waals surface area contributed by atoms with Crippen LogP contribution >= 0.6 is 0 Å². The lowest BCUT2D eigenvalue weighted by Gasteiger charge is -2.33. The summed E-state index contributed by atoms with van der Waals surface area (Å²) in [6.07, 6.45) is 4.18. The van der Waals surface area contributed by atoms with Crippen molar-refractivity contribution in [1.29, 1.82) is 5.26 Å². The van der Waals surface area contributed by atoms with Gasteiger partial charge in [-0.3, -0.25) is 9.69 Å². The van der Waals surface area contributed by atoms with Crippen LogP contribution in [0.2, 0.25) is 0 Å². The monoisotopic (exact) mass is 419 g/mol. The number of nitriles is 1. The SMILES string of the molecule is CCN(CC)C(CNC(=O)C1CCN(c2ccc(C#N)cn2)CC1)Cc1ccccc1. The molecule has 31 heavy (non-hydrogen) atoms. The first-order chi connectivity index (χ1) is 15.1. The molecule has 1 aromatic heterocycles. The fourth-order valence-corrected chi connectivity index (χ4v) is 4.33. The van der Waals surface area contributed by atoms with Crippen molar-refractivity contribution < 1.29 is 4.79 Å². The van der Waals surface area contributed by atoms with Crippen molar-refractivity contribution in [2.45, 2.75) is 39.2 Å². The second kappa shape index (κ2) is 11.5. The van der Waals surface area contributed by atoms with E-state index in [4.69, 9.17) is 5.26 Å². The molecule has 1 saturated heterocycles. The second-order valence-electron chi connectivity index (χ2n) is 8.09. The van der Waals surface area contributed by atoms with Gasteiger partial charge < -0.3 is 10.2 Å². The van der Waals surface area contributed by atoms with E-state index in [1.807, 2.05) is 12.1 Å². The molecule has 3 rings (SSSR count). The number of benzene rings is 1. The lowest BCUT2D eigenvalue weighted by molar-refractivity contribution is -0.125. The summed E-state index contributed by atoms with van der Waals surface area (Å²) in [5.41, 5.74) is 1.87. The van der Waals surface area contributed by atoms with Gasteiger partial charge in [-0.2, -0.15) is 5.26 Å². The molecule has 2 aromatic rings. The Morgan fingerprint density at radius 3 is 2.48 bits per heavy atom. The molecule has 6 heteroatoms. The van der Waals surface area contributed by atoms with Gasteiger partial charge in [0.15, 0.2) is 0 Å². The lowest BCUT2D eigenvalue weighted by atomic mass is 9.95. The number of pyridine rings is 1. The summed E-state index contributed by atoms with van der Waals surface area (Å²) < 4.78 is 0. The summed E-state index contributed by atoms with van der Waals surface area (Å²) >= 11 is 0. The van der Waals surface area contributed by atoms with E-state index < -0.39 is 0 Å². The molecule has 1 aliphatic rings. The zero-order valence-corrected chi connectivity index (χ0v) is 18.6. The zero-order chi connectivity index (χ0) is 22.1. The van der Waals surface area contributed by atoms with Gasteiger partial charge in [-0.05, 0) is 50.0 Å². The molecule has 1 unspecified atom stereocenters. The van der Waals surface area contributed by atoms with Crippen LogP contribution in [-0.2, 0) is 11.2 Å². The fraction of sp³-hybridized carbons (Fsp3) is 0.480. The van der Waals surface area contributed by atoms with Crippen LogP contribution < -0.4 is 10.2 Å². The molecule has 0 spiro atoms. The number of rotatable bonds is 9. The summed E-state index contributed by atoms with van der Waals surface area (Å²) in [5.74, 6) is 1.09. The summed E-state index contributed by atoms with van der Waals surface area (Å²) in [6.45, 7) is 8.58. The highest BCUT2D eigenvalue weighted by Gasteiger charge is 2.26. The highest BCUT2D eigenvalue weighted by molar-refractivity contribution is 5.79. The van der Waals surface area contributed by atoms with Gasteiger partial charge in [0.2, 0.25) is 5.91 Å². The number of aromatic nitrogens is 1. The van der Waals surface area contributed by atoms with E-state index in [0.29, 0.717) is 18.2 Å². The van der Waals surface area contributed by atoms with Crippen LogP contribution in [0.25, 0.3) is 0 Å². The van der Waals surface area contributed by atoms with Gasteiger partial charge in [-0.1, -0.05) is 44.2 Å². The number of nitrogens with one attached hydrogen (secondary N) is 1. The van der Waals surface area contributed by atoms with E-state index in [2.05, 4.69) is 64.3 Å². The molecule has 2 heterocycles. The van der Waals surface area contributed by atoms with Crippen LogP contribution in [0.1, 0.15) is 37.8 Å². The Bertz CT molecular complexity index is 850. The molecule has 6 nitrogen and oxygen atoms in total. The van der Waals surface area contributed by atoms with E-state index in [-0.39, 0.29) is 11.8 Å². The Balaban J connectivity index is 1.52. The first-order valence-corrected chi connectivity index (χ1v) is 11.3. The largest absolute Gasteiger partial charge is 0.357 e. The maximum atomic E-state index is 12.9. The van der Waals surface area contributed by atoms with Crippen LogP contribution in [0.4, 0.5) is 5.82 Å². The maximum absolute atomic E-state index is 12.9. The van der Waals surface area contributed by atoms with E-state index in [9.17, 15) is 4.79 Å². The normalized spacial score (nSPS) is 15.5. The minimum Gasteiger partial charge on any atom is -0.357 e. The average Bonchev–Trinajstić information content (AvgIpc) is 2.83. The molecule has 0 saturated carbocycles. The Kier molecular flexibility index (Phi) is 8.43. The van der Waals surface area contributed by atoms with Crippen LogP contribution in [0, 0.1) is 17.2 Å². The molecule has 0 bridgehead atoms. The van der Waals surface area contributed by atoms with Gasteiger partial charge in [0.1, 0.15) is 11.9 Å². The quantitative estimate of drug-likeness (QED) is 0.676. The standard InChI is InChI=1S/C25H33N5O/c1-3-29(4-2)23(16-20-8-6-5-7-9-20)19-28-25(31)22-12-14-30(15-13-22)24-11-10-21(17-26)18-27-24/h5-11,18,22-23H,3-4,12-16,19H2,1-2H3,(H,28,31). The molecule has 1 amide bonds. The summed E-state index contributed by atoms with van der Waals surface area (Å²) in [6, 6.07) is 16.6. The number of carbonyl (C=O) groups excluding carboxylic acids is 1. The third-order valence-electron chi connectivity index (χ3n) is 6.22. The molecule has 1 N–H and O–H groups in total. The van der Waals surface area contributed by atoms with Crippen molar-refractivity contribution in [2.24, 2.45) is 5.92 Å². The number of nitrogens with zero attached hydrogens (tertiary/aromatic N) is 4. The number of carbonyl (C=O) groups is 1. The van der Waals surface area contributed by atoms with Crippen molar-refractivity contribution in [3.05, 3.63) is 59.8 Å². The minimum absolute atomic E-state index is 0.0451. The summed E-state index contributed by atoms with van der Waals surface area (Å²) in [5, 5.41) is 12.2. The van der Waals surface area contributed by atoms with Crippen LogP contribution in [0.5, 0.6) is 0 Å². The third-order valence-corrected chi connectivity index (χ3v) is 6.22. The molecular formula is C25H33N5O. The molecule has 1 atom stereocenters. The lowest BCUT2D eigenvalue weighted by Crippen LogP contribution is -2.47. The van der Waals surface area contributed by atoms with Gasteiger partial charge >= 0.3 is 0 Å². The minimum atomic E-state index is 0.0451. The second-order valence-corrected chi connectivity index (χ2v) is 8.09. The molecular weight excluding hydrogens is 386 g/mol. The van der Waals surface area contributed by atoms with Crippen molar-refractivity contribution >= 4 is 11.7 Å². The van der Waals surface area contributed by atoms with Gasteiger partial charge in [0, 0.05) is 37.8 Å². The maximum Gasteiger partial charge on any atom is 0.223 e. The van der Waals surface area contributed by atoms with Crippen molar-refractivity contribution in [2.75, 3.05) is 37.6 Å². The highest BCUT2D eigenvalue weighted by Crippen LogP contribution is 2.22. The predicted octanol–water partition coefficient (Wildman–Crippen LogP) is 3.24. The third kappa shape index (κ3) is 6.28. The fourth-order valence-electron chi connectivity index (χ4n) is 4.33. The summed E-state index contributed by atoms with van der Waals surface area (Å²) in [7, 11) is 0. The van der Waals surface area contributed by atoms with E-state index in [1.165, 1.54) is 5.56 Å². The Morgan fingerprint density at radius 2 is 1.90 bits per heavy atom. The van der Waals surface area contributed by atoms with Crippen LogP contribution in [-0.4, -0.2) is 54.6 Å². The number of piperidine rings is 1.